The number of nitrogens with one attached hydrogen (secondary N) is 1. The second-order valence-electron chi connectivity index (χ2n) is 5.59. The first-order valence-corrected chi connectivity index (χ1v) is 8.79. The third-order valence-electron chi connectivity index (χ3n) is 3.92. The van der Waals surface area contributed by atoms with Gasteiger partial charge in [-0.05, 0) is 24.3 Å². The number of unbranched alkanes of at least 4 members (excludes halogenated alkanes) is 1. The van der Waals surface area contributed by atoms with Gasteiger partial charge in [0.05, 0.1) is 17.1 Å². The van der Waals surface area contributed by atoms with E-state index < -0.39 is 0 Å². The smallest absolute Gasteiger partial charge is 0.264 e. The Labute approximate surface area is 139 Å². The molecule has 23 heavy (non-hydrogen) atoms. The highest BCUT2D eigenvalue weighted by molar-refractivity contribution is 7.12. The SMILES string of the molecule is CCCCNc1nc(N)nc2c1CCN(C(=O)c1cccs1)C2. The predicted molar refractivity (Wildman–Crippen MR) is 92.6 cm³/mol. The highest BCUT2D eigenvalue weighted by atomic mass is 32.1. The summed E-state index contributed by atoms with van der Waals surface area (Å²) in [4.78, 5) is 23.8. The topological polar surface area (TPSA) is 84.1 Å². The lowest BCUT2D eigenvalue weighted by Crippen LogP contribution is -2.36. The van der Waals surface area contributed by atoms with E-state index in [0.29, 0.717) is 13.1 Å². The Morgan fingerprint density at radius 2 is 2.35 bits per heavy atom. The number of rotatable bonds is 5. The van der Waals surface area contributed by atoms with E-state index in [1.165, 1.54) is 11.3 Å². The number of anilines is 2. The summed E-state index contributed by atoms with van der Waals surface area (Å²) < 4.78 is 0. The van der Waals surface area contributed by atoms with Crippen LogP contribution in [0.15, 0.2) is 17.5 Å². The molecular weight excluding hydrogens is 310 g/mol. The molecule has 1 aliphatic rings. The highest BCUT2D eigenvalue weighted by Crippen LogP contribution is 2.26. The van der Waals surface area contributed by atoms with E-state index in [1.807, 2.05) is 22.4 Å². The fourth-order valence-electron chi connectivity index (χ4n) is 2.71. The number of nitrogens with two attached hydrogens (primary N) is 1. The zero-order chi connectivity index (χ0) is 16.2. The van der Waals surface area contributed by atoms with Gasteiger partial charge in [-0.1, -0.05) is 19.4 Å². The molecule has 0 unspecified atom stereocenters. The average molecular weight is 331 g/mol. The zero-order valence-electron chi connectivity index (χ0n) is 13.2. The van der Waals surface area contributed by atoms with Crippen molar-refractivity contribution in [2.45, 2.75) is 32.7 Å². The third kappa shape index (κ3) is 3.44. The lowest BCUT2D eigenvalue weighted by Gasteiger charge is -2.29. The lowest BCUT2D eigenvalue weighted by molar-refractivity contribution is 0.0737. The van der Waals surface area contributed by atoms with E-state index >= 15 is 0 Å². The van der Waals surface area contributed by atoms with Crippen molar-refractivity contribution in [3.63, 3.8) is 0 Å². The minimum atomic E-state index is 0.0586. The maximum absolute atomic E-state index is 12.5. The number of hydrogen-bond donors (Lipinski definition) is 2. The summed E-state index contributed by atoms with van der Waals surface area (Å²) in [6.07, 6.45) is 2.96. The first-order valence-electron chi connectivity index (χ1n) is 7.91. The molecule has 6 nitrogen and oxygen atoms in total. The van der Waals surface area contributed by atoms with Crippen molar-refractivity contribution in [2.75, 3.05) is 24.1 Å². The van der Waals surface area contributed by atoms with Crippen molar-refractivity contribution in [1.29, 1.82) is 0 Å². The van der Waals surface area contributed by atoms with E-state index in [2.05, 4.69) is 22.2 Å². The maximum atomic E-state index is 12.5. The van der Waals surface area contributed by atoms with Gasteiger partial charge in [-0.3, -0.25) is 4.79 Å². The van der Waals surface area contributed by atoms with Gasteiger partial charge >= 0.3 is 0 Å². The fourth-order valence-corrected chi connectivity index (χ4v) is 3.40. The molecule has 1 aliphatic heterocycles. The van der Waals surface area contributed by atoms with Crippen molar-refractivity contribution in [2.24, 2.45) is 0 Å². The minimum Gasteiger partial charge on any atom is -0.370 e. The van der Waals surface area contributed by atoms with E-state index in [1.54, 1.807) is 0 Å². The molecule has 0 saturated carbocycles. The summed E-state index contributed by atoms with van der Waals surface area (Å²) in [5.74, 6) is 1.14. The van der Waals surface area contributed by atoms with E-state index in [9.17, 15) is 4.79 Å². The molecule has 0 radical (unpaired) electrons. The van der Waals surface area contributed by atoms with Crippen LogP contribution in [0.5, 0.6) is 0 Å². The normalized spacial score (nSPS) is 13.7. The number of aromatic nitrogens is 2. The van der Waals surface area contributed by atoms with Crippen LogP contribution < -0.4 is 11.1 Å². The largest absolute Gasteiger partial charge is 0.370 e. The molecule has 0 fully saturated rings. The Hall–Kier alpha value is -2.15. The van der Waals surface area contributed by atoms with Crippen LogP contribution in [0.1, 0.15) is 40.7 Å². The monoisotopic (exact) mass is 331 g/mol. The predicted octanol–water partition coefficient (Wildman–Crippen LogP) is 2.53. The first kappa shape index (κ1) is 15.7. The molecule has 0 aliphatic carbocycles. The van der Waals surface area contributed by atoms with Gasteiger partial charge in [-0.15, -0.1) is 11.3 Å². The summed E-state index contributed by atoms with van der Waals surface area (Å²) in [5.41, 5.74) is 7.78. The number of hydrogen-bond acceptors (Lipinski definition) is 6. The molecule has 0 spiro atoms. The summed E-state index contributed by atoms with van der Waals surface area (Å²) in [5, 5.41) is 5.27. The molecule has 0 bridgehead atoms. The molecule has 3 heterocycles. The maximum Gasteiger partial charge on any atom is 0.264 e. The van der Waals surface area contributed by atoms with Crippen molar-refractivity contribution < 1.29 is 4.79 Å². The molecule has 3 rings (SSSR count). The van der Waals surface area contributed by atoms with Crippen molar-refractivity contribution >= 4 is 29.0 Å². The zero-order valence-corrected chi connectivity index (χ0v) is 14.0. The number of fused-ring (bicyclic) bond motifs is 1. The minimum absolute atomic E-state index is 0.0586. The summed E-state index contributed by atoms with van der Waals surface area (Å²) in [6, 6.07) is 3.75. The van der Waals surface area contributed by atoms with E-state index in [-0.39, 0.29) is 11.9 Å². The number of nitrogen functional groups attached to an aromatic ring is 1. The van der Waals surface area contributed by atoms with Crippen molar-refractivity contribution in [3.05, 3.63) is 33.6 Å². The quantitative estimate of drug-likeness (QED) is 0.823. The van der Waals surface area contributed by atoms with Gasteiger partial charge in [0, 0.05) is 18.7 Å². The summed E-state index contributed by atoms with van der Waals surface area (Å²) in [7, 11) is 0. The highest BCUT2D eigenvalue weighted by Gasteiger charge is 2.26. The van der Waals surface area contributed by atoms with Crippen molar-refractivity contribution in [3.8, 4) is 0 Å². The van der Waals surface area contributed by atoms with Crippen LogP contribution in [0.4, 0.5) is 11.8 Å². The van der Waals surface area contributed by atoms with Gasteiger partial charge in [0.1, 0.15) is 5.82 Å². The standard InChI is InChI=1S/C16H21N5OS/c1-2-3-7-18-14-11-6-8-21(10-12(11)19-16(17)20-14)15(22)13-5-4-9-23-13/h4-5,9H,2-3,6-8,10H2,1H3,(H3,17,18,19,20). The number of carbonyl (C=O) groups excluding carboxylic acids is 1. The number of nitrogens with zero attached hydrogens (tertiary/aromatic N) is 3. The Kier molecular flexibility index (Phi) is 4.76. The molecule has 0 saturated heterocycles. The molecule has 2 aromatic rings. The Bertz CT molecular complexity index is 686. The average Bonchev–Trinajstić information content (AvgIpc) is 3.08. The van der Waals surface area contributed by atoms with Gasteiger partial charge in [0.15, 0.2) is 0 Å². The molecular formula is C16H21N5OS. The molecule has 1 amide bonds. The van der Waals surface area contributed by atoms with Crippen LogP contribution >= 0.6 is 11.3 Å². The molecule has 7 heteroatoms. The molecule has 0 atom stereocenters. The van der Waals surface area contributed by atoms with Gasteiger partial charge < -0.3 is 16.0 Å². The Morgan fingerprint density at radius 3 is 3.09 bits per heavy atom. The van der Waals surface area contributed by atoms with Gasteiger partial charge in [0.25, 0.3) is 5.91 Å². The summed E-state index contributed by atoms with van der Waals surface area (Å²) >= 11 is 1.46. The van der Waals surface area contributed by atoms with E-state index in [0.717, 1.165) is 47.8 Å². The van der Waals surface area contributed by atoms with Crippen molar-refractivity contribution in [1.82, 2.24) is 14.9 Å². The van der Waals surface area contributed by atoms with Crippen LogP contribution in [-0.4, -0.2) is 33.9 Å². The summed E-state index contributed by atoms with van der Waals surface area (Å²) in [6.45, 7) is 4.19. The van der Waals surface area contributed by atoms with Crippen LogP contribution in [-0.2, 0) is 13.0 Å². The molecule has 2 aromatic heterocycles. The molecule has 0 aromatic carbocycles. The Balaban J connectivity index is 1.79. The first-order chi connectivity index (χ1) is 11.2. The van der Waals surface area contributed by atoms with Crippen LogP contribution in [0.3, 0.4) is 0 Å². The van der Waals surface area contributed by atoms with Crippen LogP contribution in [0.25, 0.3) is 0 Å². The molecule has 3 N–H and O–H groups in total. The lowest BCUT2D eigenvalue weighted by atomic mass is 10.1. The van der Waals surface area contributed by atoms with Crippen LogP contribution in [0.2, 0.25) is 0 Å². The Morgan fingerprint density at radius 1 is 1.48 bits per heavy atom. The van der Waals surface area contributed by atoms with E-state index in [4.69, 9.17) is 5.73 Å². The fraction of sp³-hybridized carbons (Fsp3) is 0.438. The third-order valence-corrected chi connectivity index (χ3v) is 4.78. The van der Waals surface area contributed by atoms with Gasteiger partial charge in [-0.25, -0.2) is 4.98 Å². The number of thiophene rings is 1. The molecule has 122 valence electrons. The number of carbonyl (C=O) groups is 1. The van der Waals surface area contributed by atoms with Crippen LogP contribution in [0, 0.1) is 0 Å². The van der Waals surface area contributed by atoms with Gasteiger partial charge in [-0.2, -0.15) is 4.98 Å². The second-order valence-corrected chi connectivity index (χ2v) is 6.54. The van der Waals surface area contributed by atoms with Gasteiger partial charge in [0.2, 0.25) is 5.95 Å². The number of amides is 1. The second kappa shape index (κ2) is 6.95.